The maximum absolute atomic E-state index is 11.5. The van der Waals surface area contributed by atoms with Gasteiger partial charge in [0, 0.05) is 5.56 Å². The highest BCUT2D eigenvalue weighted by Gasteiger charge is 2.19. The lowest BCUT2D eigenvalue weighted by Crippen LogP contribution is -2.03. The van der Waals surface area contributed by atoms with Gasteiger partial charge in [0.1, 0.15) is 23.4 Å². The predicted molar refractivity (Wildman–Crippen MR) is 62.5 cm³/mol. The largest absolute Gasteiger partial charge is 0.506 e. The molecule has 18 heavy (non-hydrogen) atoms. The monoisotopic (exact) mass is 246 g/mol. The summed E-state index contributed by atoms with van der Waals surface area (Å²) >= 11 is 0. The van der Waals surface area contributed by atoms with E-state index in [-0.39, 0.29) is 22.4 Å². The minimum atomic E-state index is -0.719. The Morgan fingerprint density at radius 2 is 2.22 bits per heavy atom. The molecule has 0 spiro atoms. The van der Waals surface area contributed by atoms with E-state index in [0.717, 1.165) is 0 Å². The standard InChI is InChI=1S/C13H10O5/c1-17-13(16)10-6-8(7-14)5-9(12(10)15)11-3-2-4-18-11/h2-7,15H,1H3. The lowest BCUT2D eigenvalue weighted by Gasteiger charge is -2.08. The number of aldehydes is 1. The fourth-order valence-corrected chi connectivity index (χ4v) is 1.61. The van der Waals surface area contributed by atoms with Gasteiger partial charge in [-0.15, -0.1) is 0 Å². The average molecular weight is 246 g/mol. The molecule has 0 saturated heterocycles. The first-order valence-corrected chi connectivity index (χ1v) is 5.11. The van der Waals surface area contributed by atoms with Gasteiger partial charge in [-0.3, -0.25) is 4.79 Å². The van der Waals surface area contributed by atoms with Crippen molar-refractivity contribution in [1.82, 2.24) is 0 Å². The second kappa shape index (κ2) is 4.75. The molecule has 0 unspecified atom stereocenters. The molecule has 2 rings (SSSR count). The smallest absolute Gasteiger partial charge is 0.341 e. The van der Waals surface area contributed by atoms with Gasteiger partial charge < -0.3 is 14.3 Å². The zero-order valence-corrected chi connectivity index (χ0v) is 9.54. The highest BCUT2D eigenvalue weighted by molar-refractivity contribution is 5.97. The average Bonchev–Trinajstić information content (AvgIpc) is 2.92. The zero-order valence-electron chi connectivity index (χ0n) is 9.54. The van der Waals surface area contributed by atoms with Gasteiger partial charge in [0.2, 0.25) is 0 Å². The summed E-state index contributed by atoms with van der Waals surface area (Å²) in [6.45, 7) is 0. The van der Waals surface area contributed by atoms with Crippen molar-refractivity contribution in [1.29, 1.82) is 0 Å². The van der Waals surface area contributed by atoms with Crippen molar-refractivity contribution in [2.45, 2.75) is 0 Å². The van der Waals surface area contributed by atoms with Gasteiger partial charge in [0.05, 0.1) is 18.9 Å². The normalized spacial score (nSPS) is 10.1. The van der Waals surface area contributed by atoms with Crippen molar-refractivity contribution in [3.63, 3.8) is 0 Å². The maximum Gasteiger partial charge on any atom is 0.341 e. The summed E-state index contributed by atoms with van der Waals surface area (Å²) in [4.78, 5) is 22.3. The quantitative estimate of drug-likeness (QED) is 0.663. The van der Waals surface area contributed by atoms with Crippen molar-refractivity contribution in [2.24, 2.45) is 0 Å². The van der Waals surface area contributed by atoms with E-state index in [1.807, 2.05) is 0 Å². The van der Waals surface area contributed by atoms with Crippen molar-refractivity contribution in [2.75, 3.05) is 7.11 Å². The third-order valence-electron chi connectivity index (χ3n) is 2.46. The molecule has 0 saturated carbocycles. The molecule has 2 aromatic rings. The van der Waals surface area contributed by atoms with E-state index in [0.29, 0.717) is 12.0 Å². The summed E-state index contributed by atoms with van der Waals surface area (Å²) in [6, 6.07) is 5.96. The second-order valence-corrected chi connectivity index (χ2v) is 3.55. The van der Waals surface area contributed by atoms with E-state index in [2.05, 4.69) is 4.74 Å². The molecule has 5 heteroatoms. The third kappa shape index (κ3) is 1.98. The van der Waals surface area contributed by atoms with Gasteiger partial charge >= 0.3 is 5.97 Å². The Bertz CT molecular complexity index is 584. The molecule has 0 aliphatic rings. The molecule has 0 aliphatic heterocycles. The number of benzene rings is 1. The molecule has 0 bridgehead atoms. The summed E-state index contributed by atoms with van der Waals surface area (Å²) in [7, 11) is 1.20. The number of phenolic OH excluding ortho intramolecular Hbond substituents is 1. The van der Waals surface area contributed by atoms with Crippen LogP contribution in [0.3, 0.4) is 0 Å². The summed E-state index contributed by atoms with van der Waals surface area (Å²) < 4.78 is 9.68. The number of carbonyl (C=O) groups excluding carboxylic acids is 2. The molecule has 0 fully saturated rings. The Balaban J connectivity index is 2.66. The van der Waals surface area contributed by atoms with Crippen LogP contribution in [0.25, 0.3) is 11.3 Å². The van der Waals surface area contributed by atoms with Crippen molar-refractivity contribution >= 4 is 12.3 Å². The van der Waals surface area contributed by atoms with E-state index < -0.39 is 5.97 Å². The molecule has 92 valence electrons. The number of carbonyl (C=O) groups is 2. The number of hydrogen-bond acceptors (Lipinski definition) is 5. The Labute approximate surface area is 103 Å². The summed E-state index contributed by atoms with van der Waals surface area (Å²) in [6.07, 6.45) is 2.01. The van der Waals surface area contributed by atoms with Crippen LogP contribution in [0.4, 0.5) is 0 Å². The van der Waals surface area contributed by atoms with Crippen LogP contribution >= 0.6 is 0 Å². The zero-order chi connectivity index (χ0) is 13.1. The molecule has 0 atom stereocenters. The number of esters is 1. The summed E-state index contributed by atoms with van der Waals surface area (Å²) in [5, 5.41) is 10.0. The van der Waals surface area contributed by atoms with E-state index in [1.54, 1.807) is 12.1 Å². The van der Waals surface area contributed by atoms with Crippen LogP contribution in [0.1, 0.15) is 20.7 Å². The minimum absolute atomic E-state index is 0.0755. The Morgan fingerprint density at radius 1 is 1.44 bits per heavy atom. The molecule has 5 nitrogen and oxygen atoms in total. The molecule has 1 N–H and O–H groups in total. The topological polar surface area (TPSA) is 76.7 Å². The van der Waals surface area contributed by atoms with Crippen molar-refractivity contribution in [3.05, 3.63) is 41.7 Å². The van der Waals surface area contributed by atoms with Crippen molar-refractivity contribution < 1.29 is 23.8 Å². The van der Waals surface area contributed by atoms with Crippen LogP contribution in [-0.4, -0.2) is 24.5 Å². The van der Waals surface area contributed by atoms with E-state index in [1.165, 1.54) is 25.5 Å². The fraction of sp³-hybridized carbons (Fsp3) is 0.0769. The fourth-order valence-electron chi connectivity index (χ4n) is 1.61. The Kier molecular flexibility index (Phi) is 3.14. The van der Waals surface area contributed by atoms with Crippen LogP contribution in [-0.2, 0) is 4.74 Å². The molecule has 1 heterocycles. The predicted octanol–water partition coefficient (Wildman–Crippen LogP) is 2.25. The van der Waals surface area contributed by atoms with E-state index in [9.17, 15) is 14.7 Å². The van der Waals surface area contributed by atoms with Gasteiger partial charge in [0.15, 0.2) is 0 Å². The van der Waals surface area contributed by atoms with E-state index >= 15 is 0 Å². The molecular weight excluding hydrogens is 236 g/mol. The number of hydrogen-bond donors (Lipinski definition) is 1. The van der Waals surface area contributed by atoms with E-state index in [4.69, 9.17) is 4.42 Å². The molecule has 0 aliphatic carbocycles. The van der Waals surface area contributed by atoms with Crippen LogP contribution in [0, 0.1) is 0 Å². The third-order valence-corrected chi connectivity index (χ3v) is 2.46. The maximum atomic E-state index is 11.5. The number of phenols is 1. The minimum Gasteiger partial charge on any atom is -0.506 e. The van der Waals surface area contributed by atoms with Gasteiger partial charge in [-0.1, -0.05) is 0 Å². The number of rotatable bonds is 3. The second-order valence-electron chi connectivity index (χ2n) is 3.55. The number of ether oxygens (including phenoxy) is 1. The Morgan fingerprint density at radius 3 is 2.78 bits per heavy atom. The first-order valence-electron chi connectivity index (χ1n) is 5.11. The number of aromatic hydroxyl groups is 1. The SMILES string of the molecule is COC(=O)c1cc(C=O)cc(-c2ccco2)c1O. The highest BCUT2D eigenvalue weighted by Crippen LogP contribution is 2.33. The van der Waals surface area contributed by atoms with Crippen molar-refractivity contribution in [3.8, 4) is 17.1 Å². The summed E-state index contributed by atoms with van der Waals surface area (Å²) in [5.74, 6) is -0.632. The van der Waals surface area contributed by atoms with Crippen LogP contribution in [0.15, 0.2) is 34.9 Å². The van der Waals surface area contributed by atoms with Gasteiger partial charge in [-0.2, -0.15) is 0 Å². The lowest BCUT2D eigenvalue weighted by molar-refractivity contribution is 0.0597. The highest BCUT2D eigenvalue weighted by atomic mass is 16.5. The van der Waals surface area contributed by atoms with Gasteiger partial charge in [-0.25, -0.2) is 4.79 Å². The number of methoxy groups -OCH3 is 1. The molecule has 0 amide bonds. The Hall–Kier alpha value is -2.56. The number of furan rings is 1. The van der Waals surface area contributed by atoms with Gasteiger partial charge in [-0.05, 0) is 24.3 Å². The molecule has 0 radical (unpaired) electrons. The first-order chi connectivity index (χ1) is 8.67. The van der Waals surface area contributed by atoms with Crippen LogP contribution < -0.4 is 0 Å². The van der Waals surface area contributed by atoms with Gasteiger partial charge in [0.25, 0.3) is 0 Å². The molecule has 1 aromatic carbocycles. The molecular formula is C13H10O5. The lowest BCUT2D eigenvalue weighted by atomic mass is 10.0. The molecule has 1 aromatic heterocycles. The van der Waals surface area contributed by atoms with Crippen LogP contribution in [0.2, 0.25) is 0 Å². The summed E-state index contributed by atoms with van der Waals surface area (Å²) in [5.41, 5.74) is 0.443. The first kappa shape index (κ1) is 11.9. The van der Waals surface area contributed by atoms with Crippen LogP contribution in [0.5, 0.6) is 5.75 Å².